The largest absolute Gasteiger partial charge is 0.326 e. The van der Waals surface area contributed by atoms with Gasteiger partial charge >= 0.3 is 0 Å². The minimum atomic E-state index is -3.37. The Morgan fingerprint density at radius 2 is 1.84 bits per heavy atom. The van der Waals surface area contributed by atoms with Crippen LogP contribution in [0.25, 0.3) is 0 Å². The van der Waals surface area contributed by atoms with Gasteiger partial charge in [0.25, 0.3) is 0 Å². The maximum Gasteiger partial charge on any atom is 0.243 e. The van der Waals surface area contributed by atoms with E-state index in [0.717, 1.165) is 24.1 Å². The molecule has 1 aromatic carbocycles. The van der Waals surface area contributed by atoms with E-state index in [1.807, 2.05) is 0 Å². The van der Waals surface area contributed by atoms with Crippen LogP contribution in [-0.4, -0.2) is 31.7 Å². The first-order valence-electron chi connectivity index (χ1n) is 6.50. The molecule has 6 heteroatoms. The number of aryl methyl sites for hydroxylation is 1. The van der Waals surface area contributed by atoms with Crippen molar-refractivity contribution in [1.29, 1.82) is 0 Å². The summed E-state index contributed by atoms with van der Waals surface area (Å²) in [5.74, 6) is -0.0114. The van der Waals surface area contributed by atoms with E-state index < -0.39 is 10.0 Å². The Balaban J connectivity index is 1.96. The molecule has 1 saturated heterocycles. The summed E-state index contributed by atoms with van der Waals surface area (Å²) in [6.07, 6.45) is 2.88. The molecule has 0 saturated carbocycles. The number of rotatable bonds is 2. The van der Waals surface area contributed by atoms with Gasteiger partial charge in [0, 0.05) is 25.2 Å². The number of fused-ring (bicyclic) bond motifs is 1. The topological polar surface area (TPSA) is 66.5 Å². The number of carbonyl (C=O) groups is 1. The zero-order valence-electron chi connectivity index (χ0n) is 10.6. The van der Waals surface area contributed by atoms with Gasteiger partial charge in [0.15, 0.2) is 0 Å². The van der Waals surface area contributed by atoms with Crippen LogP contribution >= 0.6 is 0 Å². The van der Waals surface area contributed by atoms with Crippen LogP contribution in [0.4, 0.5) is 5.69 Å². The number of amides is 1. The molecule has 0 spiro atoms. The van der Waals surface area contributed by atoms with E-state index in [9.17, 15) is 13.2 Å². The Kier molecular flexibility index (Phi) is 3.06. The summed E-state index contributed by atoms with van der Waals surface area (Å²) in [5.41, 5.74) is 1.64. The molecular formula is C13H16N2O3S. The summed E-state index contributed by atoms with van der Waals surface area (Å²) in [4.78, 5) is 11.6. The van der Waals surface area contributed by atoms with E-state index in [-0.39, 0.29) is 5.91 Å². The average Bonchev–Trinajstić information content (AvgIpc) is 2.92. The second kappa shape index (κ2) is 4.61. The lowest BCUT2D eigenvalue weighted by Gasteiger charge is -2.20. The minimum absolute atomic E-state index is 0.0114. The third kappa shape index (κ3) is 2.26. The van der Waals surface area contributed by atoms with E-state index in [1.165, 1.54) is 4.31 Å². The molecule has 2 aliphatic rings. The summed E-state index contributed by atoms with van der Waals surface area (Å²) in [7, 11) is -3.37. The highest BCUT2D eigenvalue weighted by Gasteiger charge is 2.28. The molecule has 2 aliphatic heterocycles. The van der Waals surface area contributed by atoms with E-state index in [4.69, 9.17) is 0 Å². The van der Waals surface area contributed by atoms with Crippen LogP contribution in [-0.2, 0) is 21.2 Å². The van der Waals surface area contributed by atoms with Gasteiger partial charge in [-0.3, -0.25) is 4.79 Å². The van der Waals surface area contributed by atoms with Gasteiger partial charge in [0.2, 0.25) is 15.9 Å². The van der Waals surface area contributed by atoms with Crippen LogP contribution in [0.2, 0.25) is 0 Å². The first-order chi connectivity index (χ1) is 9.07. The van der Waals surface area contributed by atoms with Crippen LogP contribution in [0.15, 0.2) is 23.1 Å². The van der Waals surface area contributed by atoms with Gasteiger partial charge in [-0.25, -0.2) is 8.42 Å². The summed E-state index contributed by atoms with van der Waals surface area (Å²) in [5, 5.41) is 2.76. The molecule has 1 aromatic rings. The lowest BCUT2D eigenvalue weighted by atomic mass is 10.0. The Hall–Kier alpha value is -1.40. The van der Waals surface area contributed by atoms with Crippen LogP contribution in [0.5, 0.6) is 0 Å². The summed E-state index contributed by atoms with van der Waals surface area (Å²) in [6.45, 7) is 1.21. The van der Waals surface area contributed by atoms with E-state index in [2.05, 4.69) is 5.32 Å². The molecule has 0 aromatic heterocycles. The lowest BCUT2D eigenvalue weighted by Crippen LogP contribution is -2.28. The fourth-order valence-electron chi connectivity index (χ4n) is 2.60. The number of sulfonamides is 1. The molecule has 0 atom stereocenters. The van der Waals surface area contributed by atoms with Crippen molar-refractivity contribution < 1.29 is 13.2 Å². The molecule has 1 N–H and O–H groups in total. The fourth-order valence-corrected chi connectivity index (χ4v) is 4.17. The van der Waals surface area contributed by atoms with Gasteiger partial charge < -0.3 is 5.32 Å². The van der Waals surface area contributed by atoms with Crippen molar-refractivity contribution in [3.63, 3.8) is 0 Å². The van der Waals surface area contributed by atoms with E-state index >= 15 is 0 Å². The van der Waals surface area contributed by atoms with Gasteiger partial charge in [-0.1, -0.05) is 0 Å². The van der Waals surface area contributed by atoms with Gasteiger partial charge in [-0.15, -0.1) is 0 Å². The first-order valence-corrected chi connectivity index (χ1v) is 7.94. The predicted octanol–water partition coefficient (Wildman–Crippen LogP) is 1.36. The Labute approximate surface area is 112 Å². The van der Waals surface area contributed by atoms with Crippen molar-refractivity contribution in [2.75, 3.05) is 18.4 Å². The zero-order valence-corrected chi connectivity index (χ0v) is 11.4. The maximum atomic E-state index is 12.4. The number of hydrogen-bond donors (Lipinski definition) is 1. The second-order valence-corrected chi connectivity index (χ2v) is 6.92. The van der Waals surface area contributed by atoms with Crippen LogP contribution < -0.4 is 5.32 Å². The summed E-state index contributed by atoms with van der Waals surface area (Å²) in [6, 6.07) is 4.97. The molecule has 0 aliphatic carbocycles. The molecule has 0 unspecified atom stereocenters. The molecule has 102 valence electrons. The standard InChI is InChI=1S/C13H16N2O3S/c16-13-6-3-10-9-11(4-5-12(10)14-13)19(17,18)15-7-1-2-8-15/h4-5,9H,1-3,6-8H2,(H,14,16). The van der Waals surface area contributed by atoms with Crippen LogP contribution in [0, 0.1) is 0 Å². The van der Waals surface area contributed by atoms with Crippen molar-refractivity contribution in [3.05, 3.63) is 23.8 Å². The number of hydrogen-bond acceptors (Lipinski definition) is 3. The SMILES string of the molecule is O=C1CCc2cc(S(=O)(=O)N3CCCC3)ccc2N1. The molecular weight excluding hydrogens is 264 g/mol. The number of anilines is 1. The fraction of sp³-hybridized carbons (Fsp3) is 0.462. The van der Waals surface area contributed by atoms with Gasteiger partial charge in [0.05, 0.1) is 4.90 Å². The highest BCUT2D eigenvalue weighted by atomic mass is 32.2. The normalized spacial score (nSPS) is 20.1. The molecule has 19 heavy (non-hydrogen) atoms. The highest BCUT2D eigenvalue weighted by Crippen LogP contribution is 2.28. The summed E-state index contributed by atoms with van der Waals surface area (Å²) < 4.78 is 26.4. The zero-order chi connectivity index (χ0) is 13.5. The number of nitrogens with one attached hydrogen (secondary N) is 1. The number of carbonyl (C=O) groups excluding carboxylic acids is 1. The van der Waals surface area contributed by atoms with Crippen molar-refractivity contribution in [2.45, 2.75) is 30.6 Å². The number of benzene rings is 1. The van der Waals surface area contributed by atoms with Crippen molar-refractivity contribution in [2.24, 2.45) is 0 Å². The molecule has 1 fully saturated rings. The third-order valence-corrected chi connectivity index (χ3v) is 5.57. The van der Waals surface area contributed by atoms with Gasteiger partial charge in [0.1, 0.15) is 0 Å². The van der Waals surface area contributed by atoms with Crippen LogP contribution in [0.1, 0.15) is 24.8 Å². The smallest absolute Gasteiger partial charge is 0.243 e. The lowest BCUT2D eigenvalue weighted by molar-refractivity contribution is -0.116. The summed E-state index contributed by atoms with van der Waals surface area (Å²) >= 11 is 0. The Morgan fingerprint density at radius 1 is 1.11 bits per heavy atom. The maximum absolute atomic E-state index is 12.4. The highest BCUT2D eigenvalue weighted by molar-refractivity contribution is 7.89. The second-order valence-electron chi connectivity index (χ2n) is 4.98. The van der Waals surface area contributed by atoms with E-state index in [0.29, 0.717) is 30.8 Å². The molecule has 1 amide bonds. The average molecular weight is 280 g/mol. The van der Waals surface area contributed by atoms with E-state index in [1.54, 1.807) is 18.2 Å². The van der Waals surface area contributed by atoms with Gasteiger partial charge in [-0.2, -0.15) is 4.31 Å². The Bertz CT molecular complexity index is 619. The molecule has 3 rings (SSSR count). The first kappa shape index (κ1) is 12.6. The molecule has 0 radical (unpaired) electrons. The van der Waals surface area contributed by atoms with Crippen LogP contribution in [0.3, 0.4) is 0 Å². The molecule has 5 nitrogen and oxygen atoms in total. The van der Waals surface area contributed by atoms with Crippen molar-refractivity contribution in [1.82, 2.24) is 4.31 Å². The predicted molar refractivity (Wildman–Crippen MR) is 71.4 cm³/mol. The minimum Gasteiger partial charge on any atom is -0.326 e. The van der Waals surface area contributed by atoms with Crippen molar-refractivity contribution >= 4 is 21.6 Å². The third-order valence-electron chi connectivity index (χ3n) is 3.68. The molecule has 0 bridgehead atoms. The monoisotopic (exact) mass is 280 g/mol. The number of nitrogens with zero attached hydrogens (tertiary/aromatic N) is 1. The Morgan fingerprint density at radius 3 is 2.58 bits per heavy atom. The van der Waals surface area contributed by atoms with Gasteiger partial charge in [-0.05, 0) is 43.0 Å². The van der Waals surface area contributed by atoms with Crippen molar-refractivity contribution in [3.8, 4) is 0 Å². The molecule has 2 heterocycles. The quantitative estimate of drug-likeness (QED) is 0.889.